The molecule has 6 heteroatoms. The number of hydrogen-bond acceptors (Lipinski definition) is 5. The largest absolute Gasteiger partial charge is 0.327 e. The number of aliphatic imine (C=N–C) groups is 1. The summed E-state index contributed by atoms with van der Waals surface area (Å²) in [5.41, 5.74) is 4.57. The highest BCUT2D eigenvalue weighted by Crippen LogP contribution is 2.31. The Labute approximate surface area is 155 Å². The summed E-state index contributed by atoms with van der Waals surface area (Å²) in [7, 11) is 0. The molecular formula is C19H19N3OS2. The maximum Gasteiger partial charge on any atom is 0.259 e. The van der Waals surface area contributed by atoms with Gasteiger partial charge in [0.1, 0.15) is 5.50 Å². The van der Waals surface area contributed by atoms with Crippen molar-refractivity contribution in [3.8, 4) is 0 Å². The molecule has 2 aliphatic rings. The lowest BCUT2D eigenvalue weighted by molar-refractivity contribution is -0.116. The molecule has 2 N–H and O–H groups in total. The minimum Gasteiger partial charge on any atom is -0.327 e. The third-order valence-corrected chi connectivity index (χ3v) is 6.42. The Morgan fingerprint density at radius 1 is 1.40 bits per heavy atom. The summed E-state index contributed by atoms with van der Waals surface area (Å²) in [6, 6.07) is 8.32. The number of carbonyl (C=O) groups is 1. The quantitative estimate of drug-likeness (QED) is 0.802. The van der Waals surface area contributed by atoms with E-state index in [1.54, 1.807) is 23.1 Å². The molecule has 1 saturated heterocycles. The molecule has 4 nitrogen and oxygen atoms in total. The number of thiophene rings is 1. The van der Waals surface area contributed by atoms with Gasteiger partial charge in [0.05, 0.1) is 10.6 Å². The van der Waals surface area contributed by atoms with Crippen LogP contribution in [0.1, 0.15) is 28.0 Å². The Kier molecular flexibility index (Phi) is 4.74. The number of hydrogen-bond donors (Lipinski definition) is 2. The Balaban J connectivity index is 1.44. The van der Waals surface area contributed by atoms with Crippen LogP contribution in [0.15, 0.2) is 39.5 Å². The van der Waals surface area contributed by atoms with E-state index in [4.69, 9.17) is 0 Å². The maximum atomic E-state index is 12.2. The minimum atomic E-state index is -0.0810. The summed E-state index contributed by atoms with van der Waals surface area (Å²) >= 11 is 3.28. The molecule has 0 aliphatic carbocycles. The van der Waals surface area contributed by atoms with Crippen molar-refractivity contribution in [1.82, 2.24) is 10.6 Å². The van der Waals surface area contributed by atoms with E-state index in [9.17, 15) is 4.79 Å². The molecule has 3 heterocycles. The van der Waals surface area contributed by atoms with Gasteiger partial charge in [-0.2, -0.15) is 0 Å². The average molecular weight is 370 g/mol. The lowest BCUT2D eigenvalue weighted by Crippen LogP contribution is -2.36. The molecule has 1 fully saturated rings. The maximum absolute atomic E-state index is 12.2. The summed E-state index contributed by atoms with van der Waals surface area (Å²) in [6.07, 6.45) is 5.93. The summed E-state index contributed by atoms with van der Waals surface area (Å²) in [6.45, 7) is 2.88. The summed E-state index contributed by atoms with van der Waals surface area (Å²) in [5.74, 6) is -0.0128. The van der Waals surface area contributed by atoms with Gasteiger partial charge in [-0.1, -0.05) is 17.8 Å². The Bertz CT molecular complexity index is 869. The van der Waals surface area contributed by atoms with Crippen molar-refractivity contribution in [3.05, 3.63) is 56.1 Å². The first-order valence-corrected chi connectivity index (χ1v) is 10.1. The van der Waals surface area contributed by atoms with E-state index < -0.39 is 0 Å². The van der Waals surface area contributed by atoms with Gasteiger partial charge >= 0.3 is 0 Å². The van der Waals surface area contributed by atoms with Gasteiger partial charge in [-0.3, -0.25) is 15.1 Å². The lowest BCUT2D eigenvalue weighted by Gasteiger charge is -2.10. The molecule has 0 bridgehead atoms. The van der Waals surface area contributed by atoms with Crippen LogP contribution in [0.5, 0.6) is 0 Å². The highest BCUT2D eigenvalue weighted by molar-refractivity contribution is 8.05. The monoisotopic (exact) mass is 369 g/mol. The van der Waals surface area contributed by atoms with E-state index in [1.807, 2.05) is 24.4 Å². The van der Waals surface area contributed by atoms with E-state index in [0.717, 1.165) is 35.5 Å². The van der Waals surface area contributed by atoms with E-state index in [0.29, 0.717) is 0 Å². The fourth-order valence-electron chi connectivity index (χ4n) is 2.92. The van der Waals surface area contributed by atoms with Crippen LogP contribution >= 0.6 is 23.1 Å². The normalized spacial score (nSPS) is 20.8. The Morgan fingerprint density at radius 2 is 2.32 bits per heavy atom. The number of rotatable bonds is 4. The molecule has 25 heavy (non-hydrogen) atoms. The van der Waals surface area contributed by atoms with Crippen molar-refractivity contribution in [1.29, 1.82) is 0 Å². The number of nitrogens with one attached hydrogen (secondary N) is 2. The van der Waals surface area contributed by atoms with Crippen molar-refractivity contribution in [2.75, 3.05) is 0 Å². The number of nitrogens with zero attached hydrogens (tertiary/aromatic N) is 1. The van der Waals surface area contributed by atoms with Gasteiger partial charge in [0, 0.05) is 17.6 Å². The van der Waals surface area contributed by atoms with Crippen molar-refractivity contribution in [2.24, 2.45) is 4.99 Å². The number of benzene rings is 1. The molecule has 1 atom stereocenters. The first-order chi connectivity index (χ1) is 12.2. The zero-order chi connectivity index (χ0) is 17.2. The zero-order valence-corrected chi connectivity index (χ0v) is 15.5. The topological polar surface area (TPSA) is 53.5 Å². The number of amides is 1. The SMILES string of the molecule is Cc1ccsc1CNC1NC(=O)/C(=C/c2ccc3c(c2)CCC=N3)S1. The van der Waals surface area contributed by atoms with Gasteiger partial charge in [-0.05, 0) is 66.1 Å². The highest BCUT2D eigenvalue weighted by Gasteiger charge is 2.27. The summed E-state index contributed by atoms with van der Waals surface area (Å²) < 4.78 is 0. The molecule has 1 aromatic carbocycles. The van der Waals surface area contributed by atoms with Crippen LogP contribution < -0.4 is 10.6 Å². The molecular weight excluding hydrogens is 350 g/mol. The molecule has 0 radical (unpaired) electrons. The van der Waals surface area contributed by atoms with Crippen molar-refractivity contribution < 1.29 is 4.79 Å². The molecule has 1 unspecified atom stereocenters. The predicted octanol–water partition coefficient (Wildman–Crippen LogP) is 3.98. The molecule has 4 rings (SSSR count). The predicted molar refractivity (Wildman–Crippen MR) is 106 cm³/mol. The highest BCUT2D eigenvalue weighted by atomic mass is 32.2. The van der Waals surface area contributed by atoms with Crippen molar-refractivity contribution in [2.45, 2.75) is 31.8 Å². The van der Waals surface area contributed by atoms with Gasteiger partial charge < -0.3 is 5.32 Å². The van der Waals surface area contributed by atoms with Gasteiger partial charge in [-0.25, -0.2) is 0 Å². The van der Waals surface area contributed by atoms with Gasteiger partial charge in [-0.15, -0.1) is 11.3 Å². The van der Waals surface area contributed by atoms with Crippen molar-refractivity contribution >= 4 is 47.0 Å². The van der Waals surface area contributed by atoms with Crippen LogP contribution in [-0.2, 0) is 17.8 Å². The molecule has 128 valence electrons. The van der Waals surface area contributed by atoms with Gasteiger partial charge in [0.15, 0.2) is 0 Å². The van der Waals surface area contributed by atoms with Gasteiger partial charge in [0.2, 0.25) is 0 Å². The summed E-state index contributed by atoms with van der Waals surface area (Å²) in [5, 5.41) is 8.49. The second kappa shape index (κ2) is 7.15. The standard InChI is InChI=1S/C19H19N3OS2/c1-12-6-8-24-17(12)11-21-19-22-18(23)16(25-19)10-13-4-5-15-14(9-13)3-2-7-20-15/h4-10,19,21H,2-3,11H2,1H3,(H,22,23)/b16-10-. The number of fused-ring (bicyclic) bond motifs is 1. The third kappa shape index (κ3) is 3.71. The van der Waals surface area contributed by atoms with Crippen LogP contribution in [-0.4, -0.2) is 17.6 Å². The van der Waals surface area contributed by atoms with E-state index >= 15 is 0 Å². The van der Waals surface area contributed by atoms with Crippen LogP contribution in [0.25, 0.3) is 6.08 Å². The lowest BCUT2D eigenvalue weighted by atomic mass is 10.0. The van der Waals surface area contributed by atoms with Crippen LogP contribution in [0.4, 0.5) is 5.69 Å². The van der Waals surface area contributed by atoms with Crippen LogP contribution in [0, 0.1) is 6.92 Å². The summed E-state index contributed by atoms with van der Waals surface area (Å²) in [4.78, 5) is 18.7. The molecule has 0 saturated carbocycles. The smallest absolute Gasteiger partial charge is 0.259 e. The molecule has 2 aromatic rings. The molecule has 2 aliphatic heterocycles. The first kappa shape index (κ1) is 16.6. The van der Waals surface area contributed by atoms with E-state index in [1.165, 1.54) is 16.0 Å². The number of thioether (sulfide) groups is 1. The Hall–Kier alpha value is -1.89. The zero-order valence-electron chi connectivity index (χ0n) is 13.9. The van der Waals surface area contributed by atoms with Crippen LogP contribution in [0.3, 0.4) is 0 Å². The second-order valence-corrected chi connectivity index (χ2v) is 8.27. The van der Waals surface area contributed by atoms with Crippen molar-refractivity contribution in [3.63, 3.8) is 0 Å². The fraction of sp³-hybridized carbons (Fsp3) is 0.263. The Morgan fingerprint density at radius 3 is 3.16 bits per heavy atom. The van der Waals surface area contributed by atoms with E-state index in [-0.39, 0.29) is 11.4 Å². The number of aryl methyl sites for hydroxylation is 2. The molecule has 1 amide bonds. The minimum absolute atomic E-state index is 0.0128. The first-order valence-electron chi connectivity index (χ1n) is 8.30. The fourth-order valence-corrected chi connectivity index (χ4v) is 4.73. The molecule has 1 aromatic heterocycles. The van der Waals surface area contributed by atoms with E-state index in [2.05, 4.69) is 40.1 Å². The number of carbonyl (C=O) groups excluding carboxylic acids is 1. The average Bonchev–Trinajstić information content (AvgIpc) is 3.18. The van der Waals surface area contributed by atoms with Crippen LogP contribution in [0.2, 0.25) is 0 Å². The second-order valence-electron chi connectivity index (χ2n) is 6.13. The third-order valence-electron chi connectivity index (χ3n) is 4.32. The van der Waals surface area contributed by atoms with Gasteiger partial charge in [0.25, 0.3) is 5.91 Å². The molecule has 0 spiro atoms.